The molecule has 1 aliphatic rings. The van der Waals surface area contributed by atoms with Gasteiger partial charge in [0.05, 0.1) is 5.60 Å². The molecule has 1 heterocycles. The molecular weight excluding hydrogens is 156 g/mol. The molecule has 3 unspecified atom stereocenters. The Bertz CT molecular complexity index is 138. The highest BCUT2D eigenvalue weighted by molar-refractivity contribution is 8.00. The molecule has 0 radical (unpaired) electrons. The molecule has 66 valence electrons. The molecule has 0 aromatic rings. The van der Waals surface area contributed by atoms with Gasteiger partial charge in [0.1, 0.15) is 0 Å². The summed E-state index contributed by atoms with van der Waals surface area (Å²) < 4.78 is 0. The summed E-state index contributed by atoms with van der Waals surface area (Å²) in [5.41, 5.74) is -0.376. The molecule has 0 aliphatic carbocycles. The van der Waals surface area contributed by atoms with Gasteiger partial charge in [0.2, 0.25) is 0 Å². The third kappa shape index (κ3) is 1.57. The number of thioether (sulfide) groups is 1. The standard InChI is InChI=1S/C9H18OS/c1-4-7(2)9(10)5-6-11-8(9)3/h7-8,10H,4-6H2,1-3H3. The van der Waals surface area contributed by atoms with E-state index in [9.17, 15) is 5.11 Å². The fourth-order valence-corrected chi connectivity index (χ4v) is 3.18. The van der Waals surface area contributed by atoms with Crippen LogP contribution >= 0.6 is 11.8 Å². The zero-order valence-corrected chi connectivity index (χ0v) is 8.45. The van der Waals surface area contributed by atoms with Gasteiger partial charge in [-0.2, -0.15) is 11.8 Å². The van der Waals surface area contributed by atoms with Gasteiger partial charge in [-0.15, -0.1) is 0 Å². The molecule has 1 aliphatic heterocycles. The van der Waals surface area contributed by atoms with Crippen molar-refractivity contribution in [2.75, 3.05) is 5.75 Å². The second-order valence-electron chi connectivity index (χ2n) is 3.56. The maximum Gasteiger partial charge on any atom is 0.0796 e. The molecule has 1 rings (SSSR count). The molecule has 0 bridgehead atoms. The normalized spacial score (nSPS) is 40.9. The summed E-state index contributed by atoms with van der Waals surface area (Å²) in [7, 11) is 0. The van der Waals surface area contributed by atoms with Crippen LogP contribution < -0.4 is 0 Å². The van der Waals surface area contributed by atoms with Crippen molar-refractivity contribution < 1.29 is 5.11 Å². The van der Waals surface area contributed by atoms with Crippen molar-refractivity contribution in [1.29, 1.82) is 0 Å². The van der Waals surface area contributed by atoms with Gasteiger partial charge in [-0.3, -0.25) is 0 Å². The van der Waals surface area contributed by atoms with Gasteiger partial charge < -0.3 is 5.11 Å². The lowest BCUT2D eigenvalue weighted by molar-refractivity contribution is -0.00769. The van der Waals surface area contributed by atoms with Gasteiger partial charge in [-0.25, -0.2) is 0 Å². The molecule has 0 saturated carbocycles. The number of aliphatic hydroxyl groups is 1. The van der Waals surface area contributed by atoms with Crippen molar-refractivity contribution in [2.45, 2.75) is 44.5 Å². The predicted octanol–water partition coefficient (Wildman–Crippen LogP) is 2.29. The first-order chi connectivity index (χ1) is 5.11. The first-order valence-corrected chi connectivity index (χ1v) is 5.50. The Morgan fingerprint density at radius 2 is 2.36 bits per heavy atom. The molecule has 1 N–H and O–H groups in total. The lowest BCUT2D eigenvalue weighted by Crippen LogP contribution is -2.41. The Labute approximate surface area is 73.6 Å². The van der Waals surface area contributed by atoms with Crippen LogP contribution in [0.15, 0.2) is 0 Å². The summed E-state index contributed by atoms with van der Waals surface area (Å²) in [5, 5.41) is 10.6. The minimum Gasteiger partial charge on any atom is -0.388 e. The van der Waals surface area contributed by atoms with Gasteiger partial charge in [-0.05, 0) is 18.1 Å². The van der Waals surface area contributed by atoms with E-state index >= 15 is 0 Å². The van der Waals surface area contributed by atoms with E-state index in [2.05, 4.69) is 20.8 Å². The highest BCUT2D eigenvalue weighted by Crippen LogP contribution is 2.41. The molecule has 0 amide bonds. The van der Waals surface area contributed by atoms with Crippen molar-refractivity contribution in [1.82, 2.24) is 0 Å². The van der Waals surface area contributed by atoms with Gasteiger partial charge >= 0.3 is 0 Å². The van der Waals surface area contributed by atoms with E-state index in [1.807, 2.05) is 11.8 Å². The van der Waals surface area contributed by atoms with Crippen LogP contribution in [0.3, 0.4) is 0 Å². The molecule has 1 saturated heterocycles. The second-order valence-corrected chi connectivity index (χ2v) is 5.01. The maximum atomic E-state index is 10.2. The lowest BCUT2D eigenvalue weighted by atomic mass is 9.82. The summed E-state index contributed by atoms with van der Waals surface area (Å²) in [6.07, 6.45) is 2.06. The summed E-state index contributed by atoms with van der Waals surface area (Å²) in [6, 6.07) is 0. The summed E-state index contributed by atoms with van der Waals surface area (Å²) in [6.45, 7) is 6.45. The third-order valence-corrected chi connectivity index (χ3v) is 4.39. The fraction of sp³-hybridized carbons (Fsp3) is 1.00. The van der Waals surface area contributed by atoms with E-state index in [1.165, 1.54) is 0 Å². The van der Waals surface area contributed by atoms with Crippen LogP contribution in [0.1, 0.15) is 33.6 Å². The monoisotopic (exact) mass is 174 g/mol. The van der Waals surface area contributed by atoms with Gasteiger partial charge in [0.25, 0.3) is 0 Å². The molecule has 1 nitrogen and oxygen atoms in total. The highest BCUT2D eigenvalue weighted by atomic mass is 32.2. The Hall–Kier alpha value is 0.310. The minimum absolute atomic E-state index is 0.376. The second kappa shape index (κ2) is 3.36. The van der Waals surface area contributed by atoms with Crippen LogP contribution in [0.2, 0.25) is 0 Å². The van der Waals surface area contributed by atoms with E-state index in [0.29, 0.717) is 11.2 Å². The molecule has 2 heteroatoms. The summed E-state index contributed by atoms with van der Waals surface area (Å²) in [5.74, 6) is 1.58. The van der Waals surface area contributed by atoms with Crippen LogP contribution in [-0.2, 0) is 0 Å². The average Bonchev–Trinajstić information content (AvgIpc) is 2.32. The van der Waals surface area contributed by atoms with Crippen molar-refractivity contribution in [3.63, 3.8) is 0 Å². The van der Waals surface area contributed by atoms with Crippen molar-refractivity contribution in [2.24, 2.45) is 5.92 Å². The first-order valence-electron chi connectivity index (χ1n) is 4.45. The van der Waals surface area contributed by atoms with Crippen LogP contribution in [0.4, 0.5) is 0 Å². The third-order valence-electron chi connectivity index (χ3n) is 3.04. The lowest BCUT2D eigenvalue weighted by Gasteiger charge is -2.32. The number of rotatable bonds is 2. The van der Waals surface area contributed by atoms with Crippen LogP contribution in [0.25, 0.3) is 0 Å². The Balaban J connectivity index is 2.64. The SMILES string of the molecule is CCC(C)C1(O)CCSC1C. The topological polar surface area (TPSA) is 20.2 Å². The van der Waals surface area contributed by atoms with E-state index in [1.54, 1.807) is 0 Å². The van der Waals surface area contributed by atoms with Gasteiger partial charge in [-0.1, -0.05) is 27.2 Å². The zero-order valence-electron chi connectivity index (χ0n) is 7.63. The quantitative estimate of drug-likeness (QED) is 0.693. The minimum atomic E-state index is -0.376. The van der Waals surface area contributed by atoms with E-state index in [-0.39, 0.29) is 5.60 Å². The zero-order chi connectivity index (χ0) is 8.48. The number of hydrogen-bond acceptors (Lipinski definition) is 2. The Morgan fingerprint density at radius 1 is 1.73 bits per heavy atom. The van der Waals surface area contributed by atoms with Crippen molar-refractivity contribution in [3.8, 4) is 0 Å². The summed E-state index contributed by atoms with van der Waals surface area (Å²) in [4.78, 5) is 0. The van der Waals surface area contributed by atoms with Crippen LogP contribution in [-0.4, -0.2) is 21.7 Å². The molecule has 1 fully saturated rings. The van der Waals surface area contributed by atoms with E-state index < -0.39 is 0 Å². The molecular formula is C9H18OS. The van der Waals surface area contributed by atoms with Gasteiger partial charge in [0, 0.05) is 5.25 Å². The fourth-order valence-electron chi connectivity index (χ4n) is 1.75. The van der Waals surface area contributed by atoms with Crippen molar-refractivity contribution >= 4 is 11.8 Å². The van der Waals surface area contributed by atoms with Gasteiger partial charge in [0.15, 0.2) is 0 Å². The average molecular weight is 174 g/mol. The Kier molecular flexibility index (Phi) is 2.87. The van der Waals surface area contributed by atoms with E-state index in [4.69, 9.17) is 0 Å². The van der Waals surface area contributed by atoms with Crippen LogP contribution in [0, 0.1) is 5.92 Å². The summed E-state index contributed by atoms with van der Waals surface area (Å²) >= 11 is 1.90. The van der Waals surface area contributed by atoms with Crippen molar-refractivity contribution in [3.05, 3.63) is 0 Å². The molecule has 0 aromatic carbocycles. The van der Waals surface area contributed by atoms with E-state index in [0.717, 1.165) is 18.6 Å². The smallest absolute Gasteiger partial charge is 0.0796 e. The maximum absolute atomic E-state index is 10.2. The molecule has 11 heavy (non-hydrogen) atoms. The largest absolute Gasteiger partial charge is 0.388 e. The first kappa shape index (κ1) is 9.40. The molecule has 0 spiro atoms. The molecule has 0 aromatic heterocycles. The highest BCUT2D eigenvalue weighted by Gasteiger charge is 2.42. The van der Waals surface area contributed by atoms with Crippen LogP contribution in [0.5, 0.6) is 0 Å². The predicted molar refractivity (Wildman–Crippen MR) is 50.9 cm³/mol. The molecule has 3 atom stereocenters. The Morgan fingerprint density at radius 3 is 2.73 bits per heavy atom. The number of hydrogen-bond donors (Lipinski definition) is 1.